The van der Waals surface area contributed by atoms with E-state index in [1.807, 2.05) is 119 Å². The summed E-state index contributed by atoms with van der Waals surface area (Å²) in [6.07, 6.45) is 0. The SMILES string of the molecule is Cc1c(C)c(/N=c2/ccc3c(-c4ccccc4S(=O)(=O)O)c4ccc(Nc5c(C)c(C)c(C)c(NC(=O)C(C)C)c5C)cc4oc-3c2)c(C)c(NC(=O)C(C)C)c1C. The van der Waals surface area contributed by atoms with Crippen molar-refractivity contribution in [3.05, 3.63) is 111 Å². The van der Waals surface area contributed by atoms with Crippen molar-refractivity contribution in [2.45, 2.75) is 88.0 Å². The standard InChI is InChI=1S/C47H52N4O6S/c1-23(2)46(52)50-44-29(9)25(5)27(7)42(31(44)11)48-33-17-19-35-38(21-33)57-39-22-34(18-20-36(39)41(35)37-15-13-14-16-40(37)58(54,55)56)49-43-28(8)26(6)30(10)45(32(43)12)51-47(53)24(3)4/h13-24,48H,1-12H3,(H,50,52)(H,51,53)(H,54,55,56)/b49-34-. The maximum absolute atomic E-state index is 12.8. The largest absolute Gasteiger partial charge is 0.456 e. The highest BCUT2D eigenvalue weighted by molar-refractivity contribution is 7.86. The van der Waals surface area contributed by atoms with Gasteiger partial charge in [-0.3, -0.25) is 14.1 Å². The lowest BCUT2D eigenvalue weighted by atomic mass is 9.93. The Kier molecular flexibility index (Phi) is 11.4. The Hall–Kier alpha value is -5.78. The van der Waals surface area contributed by atoms with Gasteiger partial charge in [0.1, 0.15) is 16.2 Å². The monoisotopic (exact) mass is 800 g/mol. The Morgan fingerprint density at radius 3 is 1.81 bits per heavy atom. The Balaban J connectivity index is 1.59. The van der Waals surface area contributed by atoms with Gasteiger partial charge in [0.25, 0.3) is 10.1 Å². The number of hydrogen-bond donors (Lipinski definition) is 4. The lowest BCUT2D eigenvalue weighted by Gasteiger charge is -2.23. The molecule has 6 rings (SSSR count). The number of carbonyl (C=O) groups excluding carboxylic acids is 2. The van der Waals surface area contributed by atoms with Crippen molar-refractivity contribution in [1.29, 1.82) is 0 Å². The summed E-state index contributed by atoms with van der Waals surface area (Å²) < 4.78 is 42.6. The first-order valence-corrected chi connectivity index (χ1v) is 20.9. The third-order valence-corrected chi connectivity index (χ3v) is 12.3. The summed E-state index contributed by atoms with van der Waals surface area (Å²) >= 11 is 0. The lowest BCUT2D eigenvalue weighted by Crippen LogP contribution is -2.20. The van der Waals surface area contributed by atoms with Crippen LogP contribution in [0.1, 0.15) is 72.2 Å². The average molecular weight is 801 g/mol. The van der Waals surface area contributed by atoms with Crippen molar-refractivity contribution in [3.8, 4) is 22.5 Å². The van der Waals surface area contributed by atoms with Crippen LogP contribution < -0.4 is 21.3 Å². The first-order valence-electron chi connectivity index (χ1n) is 19.4. The van der Waals surface area contributed by atoms with Gasteiger partial charge in [0.05, 0.1) is 11.0 Å². The highest BCUT2D eigenvalue weighted by atomic mass is 32.2. The van der Waals surface area contributed by atoms with Gasteiger partial charge in [0.15, 0.2) is 0 Å². The fourth-order valence-electron chi connectivity index (χ4n) is 7.42. The summed E-state index contributed by atoms with van der Waals surface area (Å²) in [6, 6.07) is 17.5. The van der Waals surface area contributed by atoms with Gasteiger partial charge in [-0.25, -0.2) is 4.99 Å². The smallest absolute Gasteiger partial charge is 0.295 e. The first-order chi connectivity index (χ1) is 27.2. The van der Waals surface area contributed by atoms with E-state index in [2.05, 4.69) is 16.0 Å². The van der Waals surface area contributed by atoms with Gasteiger partial charge in [-0.05, 0) is 130 Å². The second-order valence-electron chi connectivity index (χ2n) is 15.8. The molecule has 11 heteroatoms. The predicted molar refractivity (Wildman–Crippen MR) is 234 cm³/mol. The molecule has 58 heavy (non-hydrogen) atoms. The minimum absolute atomic E-state index is 0.0678. The maximum atomic E-state index is 12.8. The number of fused-ring (bicyclic) bond motifs is 2. The molecule has 4 aromatic rings. The Morgan fingerprint density at radius 2 is 1.21 bits per heavy atom. The van der Waals surface area contributed by atoms with E-state index in [0.29, 0.717) is 44.5 Å². The van der Waals surface area contributed by atoms with Crippen LogP contribution in [-0.4, -0.2) is 24.8 Å². The number of amides is 2. The topological polar surface area (TPSA) is 150 Å². The summed E-state index contributed by atoms with van der Waals surface area (Å²) in [5.74, 6) is -0.0920. The molecule has 0 aromatic heterocycles. The van der Waals surface area contributed by atoms with Gasteiger partial charge < -0.3 is 20.4 Å². The highest BCUT2D eigenvalue weighted by Crippen LogP contribution is 2.44. The minimum atomic E-state index is -4.61. The molecule has 2 aliphatic rings. The van der Waals surface area contributed by atoms with Gasteiger partial charge in [0.2, 0.25) is 11.8 Å². The molecule has 0 bridgehead atoms. The van der Waals surface area contributed by atoms with Crippen molar-refractivity contribution in [3.63, 3.8) is 0 Å². The average Bonchev–Trinajstić information content (AvgIpc) is 3.18. The molecule has 0 spiro atoms. The number of benzene rings is 5. The molecule has 302 valence electrons. The zero-order valence-electron chi connectivity index (χ0n) is 35.3. The van der Waals surface area contributed by atoms with Crippen molar-refractivity contribution >= 4 is 61.3 Å². The van der Waals surface area contributed by atoms with Crippen molar-refractivity contribution < 1.29 is 27.0 Å². The van der Waals surface area contributed by atoms with Crippen LogP contribution in [0.3, 0.4) is 0 Å². The van der Waals surface area contributed by atoms with Gasteiger partial charge in [0, 0.05) is 68.8 Å². The summed E-state index contributed by atoms with van der Waals surface area (Å²) in [5, 5.41) is 11.0. The van der Waals surface area contributed by atoms with Crippen molar-refractivity contribution in [1.82, 2.24) is 0 Å². The molecule has 1 heterocycles. The van der Waals surface area contributed by atoms with Crippen LogP contribution in [0.25, 0.3) is 33.4 Å². The van der Waals surface area contributed by atoms with E-state index in [4.69, 9.17) is 9.41 Å². The second kappa shape index (κ2) is 15.9. The molecule has 1 aliphatic carbocycles. The first kappa shape index (κ1) is 41.8. The molecule has 1 aliphatic heterocycles. The minimum Gasteiger partial charge on any atom is -0.456 e. The number of rotatable bonds is 9. The van der Waals surface area contributed by atoms with Crippen LogP contribution in [0.4, 0.5) is 28.4 Å². The van der Waals surface area contributed by atoms with E-state index >= 15 is 0 Å². The van der Waals surface area contributed by atoms with Crippen LogP contribution >= 0.6 is 0 Å². The van der Waals surface area contributed by atoms with Crippen LogP contribution in [0.2, 0.25) is 0 Å². The van der Waals surface area contributed by atoms with Crippen LogP contribution in [0.5, 0.6) is 0 Å². The zero-order valence-corrected chi connectivity index (χ0v) is 36.1. The van der Waals surface area contributed by atoms with E-state index in [-0.39, 0.29) is 28.5 Å². The number of nitrogens with one attached hydrogen (secondary N) is 3. The summed E-state index contributed by atoms with van der Waals surface area (Å²) in [5.41, 5.74) is 13.6. The van der Waals surface area contributed by atoms with Gasteiger partial charge >= 0.3 is 0 Å². The van der Waals surface area contributed by atoms with E-state index in [0.717, 1.165) is 67.3 Å². The Labute approximate surface area is 340 Å². The van der Waals surface area contributed by atoms with E-state index in [1.165, 1.54) is 6.07 Å². The highest BCUT2D eigenvalue weighted by Gasteiger charge is 2.25. The molecule has 0 saturated heterocycles. The van der Waals surface area contributed by atoms with Crippen LogP contribution in [0, 0.1) is 67.2 Å². The number of carbonyl (C=O) groups is 2. The van der Waals surface area contributed by atoms with Gasteiger partial charge in [-0.2, -0.15) is 8.42 Å². The molecule has 2 amide bonds. The van der Waals surface area contributed by atoms with Crippen LogP contribution in [-0.2, 0) is 19.7 Å². The molecular weight excluding hydrogens is 749 g/mol. The quantitative estimate of drug-likeness (QED) is 0.0839. The number of hydrogen-bond acceptors (Lipinski definition) is 7. The molecule has 0 atom stereocenters. The summed E-state index contributed by atoms with van der Waals surface area (Å²) in [7, 11) is -4.61. The molecule has 0 fully saturated rings. The molecule has 10 nitrogen and oxygen atoms in total. The fraction of sp³-hybridized carbons (Fsp3) is 0.298. The van der Waals surface area contributed by atoms with Crippen LogP contribution in [0.15, 0.2) is 75.0 Å². The third-order valence-electron chi connectivity index (χ3n) is 11.4. The summed E-state index contributed by atoms with van der Waals surface area (Å²) in [6.45, 7) is 23.5. The summed E-state index contributed by atoms with van der Waals surface area (Å²) in [4.78, 5) is 30.5. The predicted octanol–water partition coefficient (Wildman–Crippen LogP) is 11.1. The zero-order chi connectivity index (χ0) is 42.5. The normalized spacial score (nSPS) is 12.2. The Morgan fingerprint density at radius 1 is 0.638 bits per heavy atom. The number of anilines is 4. The van der Waals surface area contributed by atoms with E-state index in [9.17, 15) is 22.6 Å². The van der Waals surface area contributed by atoms with E-state index in [1.54, 1.807) is 18.2 Å². The lowest BCUT2D eigenvalue weighted by molar-refractivity contribution is -0.119. The molecule has 4 N–H and O–H groups in total. The van der Waals surface area contributed by atoms with E-state index < -0.39 is 10.1 Å². The van der Waals surface area contributed by atoms with Crippen molar-refractivity contribution in [2.75, 3.05) is 16.0 Å². The molecule has 4 aromatic carbocycles. The number of nitrogens with zero attached hydrogens (tertiary/aromatic N) is 1. The molecule has 0 saturated carbocycles. The molecule has 0 radical (unpaired) electrons. The molecule has 0 unspecified atom stereocenters. The molecular formula is C47H52N4O6S. The maximum Gasteiger partial charge on any atom is 0.295 e. The van der Waals surface area contributed by atoms with Gasteiger partial charge in [-0.1, -0.05) is 45.9 Å². The fourth-order valence-corrected chi connectivity index (χ4v) is 8.12. The van der Waals surface area contributed by atoms with Crippen molar-refractivity contribution in [2.24, 2.45) is 16.8 Å². The third kappa shape index (κ3) is 7.76. The van der Waals surface area contributed by atoms with Gasteiger partial charge in [-0.15, -0.1) is 0 Å². The Bertz CT molecular complexity index is 2820. The second-order valence-corrected chi connectivity index (χ2v) is 17.2.